The SMILES string of the molecule is CC(CNC(=O)c1ccccc1)CN1CCCC1. The van der Waals surface area contributed by atoms with E-state index in [0.29, 0.717) is 5.92 Å². The van der Waals surface area contributed by atoms with Gasteiger partial charge in [-0.05, 0) is 44.0 Å². The molecule has 18 heavy (non-hydrogen) atoms. The molecule has 1 fully saturated rings. The van der Waals surface area contributed by atoms with E-state index < -0.39 is 0 Å². The summed E-state index contributed by atoms with van der Waals surface area (Å²) < 4.78 is 0. The van der Waals surface area contributed by atoms with Gasteiger partial charge in [0.05, 0.1) is 0 Å². The highest BCUT2D eigenvalue weighted by atomic mass is 16.1. The van der Waals surface area contributed by atoms with E-state index in [4.69, 9.17) is 0 Å². The molecule has 1 aliphatic heterocycles. The average Bonchev–Trinajstić information content (AvgIpc) is 2.90. The monoisotopic (exact) mass is 246 g/mol. The van der Waals surface area contributed by atoms with Gasteiger partial charge in [0.25, 0.3) is 5.91 Å². The van der Waals surface area contributed by atoms with Gasteiger partial charge in [0, 0.05) is 18.7 Å². The number of hydrogen-bond donors (Lipinski definition) is 1. The third-order valence-electron chi connectivity index (χ3n) is 3.42. The molecule has 1 N–H and O–H groups in total. The zero-order chi connectivity index (χ0) is 12.8. The Hall–Kier alpha value is -1.35. The molecule has 3 nitrogen and oxygen atoms in total. The van der Waals surface area contributed by atoms with E-state index in [0.717, 1.165) is 18.7 Å². The van der Waals surface area contributed by atoms with Gasteiger partial charge in [-0.1, -0.05) is 25.1 Å². The van der Waals surface area contributed by atoms with Crippen LogP contribution < -0.4 is 5.32 Å². The number of likely N-dealkylation sites (tertiary alicyclic amines) is 1. The van der Waals surface area contributed by atoms with E-state index in [2.05, 4.69) is 17.1 Å². The summed E-state index contributed by atoms with van der Waals surface area (Å²) >= 11 is 0. The van der Waals surface area contributed by atoms with Gasteiger partial charge in [0.15, 0.2) is 0 Å². The Balaban J connectivity index is 1.72. The van der Waals surface area contributed by atoms with Crippen LogP contribution in [0.3, 0.4) is 0 Å². The Bertz CT molecular complexity index is 371. The van der Waals surface area contributed by atoms with Gasteiger partial charge in [-0.15, -0.1) is 0 Å². The molecular formula is C15H22N2O. The van der Waals surface area contributed by atoms with Crippen molar-refractivity contribution in [1.29, 1.82) is 0 Å². The molecule has 1 aromatic rings. The molecule has 1 atom stereocenters. The third-order valence-corrected chi connectivity index (χ3v) is 3.42. The largest absolute Gasteiger partial charge is 0.352 e. The minimum atomic E-state index is 0.0314. The van der Waals surface area contributed by atoms with Crippen molar-refractivity contribution in [3.63, 3.8) is 0 Å². The van der Waals surface area contributed by atoms with Crippen LogP contribution in [0.5, 0.6) is 0 Å². The first-order valence-corrected chi connectivity index (χ1v) is 6.81. The number of benzene rings is 1. The van der Waals surface area contributed by atoms with Gasteiger partial charge < -0.3 is 10.2 Å². The predicted molar refractivity (Wildman–Crippen MR) is 73.6 cm³/mol. The van der Waals surface area contributed by atoms with Crippen molar-refractivity contribution < 1.29 is 4.79 Å². The summed E-state index contributed by atoms with van der Waals surface area (Å²) in [5.41, 5.74) is 0.742. The van der Waals surface area contributed by atoms with Gasteiger partial charge in [0.1, 0.15) is 0 Å². The van der Waals surface area contributed by atoms with Crippen LogP contribution in [-0.2, 0) is 0 Å². The van der Waals surface area contributed by atoms with Crippen molar-refractivity contribution >= 4 is 5.91 Å². The fourth-order valence-corrected chi connectivity index (χ4v) is 2.43. The van der Waals surface area contributed by atoms with Crippen molar-refractivity contribution in [2.45, 2.75) is 19.8 Å². The maximum atomic E-state index is 11.9. The molecule has 1 aliphatic rings. The lowest BCUT2D eigenvalue weighted by molar-refractivity contribution is 0.0945. The highest BCUT2D eigenvalue weighted by Crippen LogP contribution is 2.09. The minimum absolute atomic E-state index is 0.0314. The van der Waals surface area contributed by atoms with E-state index >= 15 is 0 Å². The fourth-order valence-electron chi connectivity index (χ4n) is 2.43. The molecule has 0 bridgehead atoms. The van der Waals surface area contributed by atoms with Crippen LogP contribution in [0.25, 0.3) is 0 Å². The average molecular weight is 246 g/mol. The molecule has 0 spiro atoms. The van der Waals surface area contributed by atoms with Crippen LogP contribution in [0, 0.1) is 5.92 Å². The Kier molecular flexibility index (Phi) is 4.76. The minimum Gasteiger partial charge on any atom is -0.352 e. The number of amides is 1. The molecule has 98 valence electrons. The number of nitrogens with one attached hydrogen (secondary N) is 1. The van der Waals surface area contributed by atoms with E-state index in [1.807, 2.05) is 30.3 Å². The van der Waals surface area contributed by atoms with Gasteiger partial charge in [-0.3, -0.25) is 4.79 Å². The van der Waals surface area contributed by atoms with Crippen LogP contribution in [-0.4, -0.2) is 37.0 Å². The molecule has 0 aliphatic carbocycles. The summed E-state index contributed by atoms with van der Waals surface area (Å²) in [7, 11) is 0. The maximum absolute atomic E-state index is 11.9. The zero-order valence-electron chi connectivity index (χ0n) is 11.1. The summed E-state index contributed by atoms with van der Waals surface area (Å²) in [4.78, 5) is 14.3. The van der Waals surface area contributed by atoms with Crippen LogP contribution in [0.4, 0.5) is 0 Å². The van der Waals surface area contributed by atoms with Crippen molar-refractivity contribution in [2.24, 2.45) is 5.92 Å². The maximum Gasteiger partial charge on any atom is 0.251 e. The second-order valence-electron chi connectivity index (χ2n) is 5.19. The molecule has 1 unspecified atom stereocenters. The predicted octanol–water partition coefficient (Wildman–Crippen LogP) is 2.15. The number of carbonyl (C=O) groups is 1. The summed E-state index contributed by atoms with van der Waals surface area (Å²) in [6, 6.07) is 9.40. The lowest BCUT2D eigenvalue weighted by Gasteiger charge is -2.20. The first-order chi connectivity index (χ1) is 8.75. The molecule has 1 amide bonds. The number of rotatable bonds is 5. The zero-order valence-corrected chi connectivity index (χ0v) is 11.1. The first kappa shape index (κ1) is 13.1. The van der Waals surface area contributed by atoms with Crippen molar-refractivity contribution in [2.75, 3.05) is 26.2 Å². The Morgan fingerprint density at radius 1 is 1.28 bits per heavy atom. The van der Waals surface area contributed by atoms with Gasteiger partial charge in [-0.2, -0.15) is 0 Å². The first-order valence-electron chi connectivity index (χ1n) is 6.81. The van der Waals surface area contributed by atoms with Gasteiger partial charge in [-0.25, -0.2) is 0 Å². The topological polar surface area (TPSA) is 32.3 Å². The Morgan fingerprint density at radius 2 is 1.94 bits per heavy atom. The van der Waals surface area contributed by atoms with E-state index in [1.165, 1.54) is 25.9 Å². The van der Waals surface area contributed by atoms with Crippen LogP contribution in [0.15, 0.2) is 30.3 Å². The lowest BCUT2D eigenvalue weighted by atomic mass is 10.1. The molecule has 2 rings (SSSR count). The Morgan fingerprint density at radius 3 is 2.61 bits per heavy atom. The summed E-state index contributed by atoms with van der Waals surface area (Å²) in [6.07, 6.45) is 2.65. The highest BCUT2D eigenvalue weighted by Gasteiger charge is 2.15. The summed E-state index contributed by atoms with van der Waals surface area (Å²) in [5, 5.41) is 3.01. The second-order valence-corrected chi connectivity index (χ2v) is 5.19. The van der Waals surface area contributed by atoms with E-state index in [9.17, 15) is 4.79 Å². The quantitative estimate of drug-likeness (QED) is 0.863. The van der Waals surface area contributed by atoms with Crippen molar-refractivity contribution in [3.05, 3.63) is 35.9 Å². The molecule has 0 radical (unpaired) electrons. The fraction of sp³-hybridized carbons (Fsp3) is 0.533. The molecule has 3 heteroatoms. The molecule has 1 heterocycles. The van der Waals surface area contributed by atoms with Crippen LogP contribution >= 0.6 is 0 Å². The van der Waals surface area contributed by atoms with Gasteiger partial charge >= 0.3 is 0 Å². The smallest absolute Gasteiger partial charge is 0.251 e. The molecule has 0 aromatic heterocycles. The number of carbonyl (C=O) groups excluding carboxylic acids is 1. The summed E-state index contributed by atoms with van der Waals surface area (Å²) in [5.74, 6) is 0.541. The standard InChI is InChI=1S/C15H22N2O/c1-13(12-17-9-5-6-10-17)11-16-15(18)14-7-3-2-4-8-14/h2-4,7-8,13H,5-6,9-12H2,1H3,(H,16,18). The normalized spacial score (nSPS) is 17.6. The Labute approximate surface area is 109 Å². The van der Waals surface area contributed by atoms with Crippen LogP contribution in [0.2, 0.25) is 0 Å². The van der Waals surface area contributed by atoms with Crippen LogP contribution in [0.1, 0.15) is 30.1 Å². The van der Waals surface area contributed by atoms with E-state index in [-0.39, 0.29) is 5.91 Å². The lowest BCUT2D eigenvalue weighted by Crippen LogP contribution is -2.34. The van der Waals surface area contributed by atoms with Crippen molar-refractivity contribution in [3.8, 4) is 0 Å². The molecule has 1 aromatic carbocycles. The summed E-state index contributed by atoms with van der Waals surface area (Å²) in [6.45, 7) is 6.48. The number of hydrogen-bond acceptors (Lipinski definition) is 2. The molecule has 1 saturated heterocycles. The highest BCUT2D eigenvalue weighted by molar-refractivity contribution is 5.94. The van der Waals surface area contributed by atoms with Crippen molar-refractivity contribution in [1.82, 2.24) is 10.2 Å². The molecular weight excluding hydrogens is 224 g/mol. The third kappa shape index (κ3) is 3.84. The van der Waals surface area contributed by atoms with Gasteiger partial charge in [0.2, 0.25) is 0 Å². The second kappa shape index (κ2) is 6.55. The van der Waals surface area contributed by atoms with E-state index in [1.54, 1.807) is 0 Å². The number of nitrogens with zero attached hydrogens (tertiary/aromatic N) is 1. The molecule has 0 saturated carbocycles.